The summed E-state index contributed by atoms with van der Waals surface area (Å²) in [4.78, 5) is 41.1. The van der Waals surface area contributed by atoms with Crippen LogP contribution in [0.3, 0.4) is 0 Å². The van der Waals surface area contributed by atoms with E-state index in [1.54, 1.807) is 26.2 Å². The molecule has 0 fully saturated rings. The second kappa shape index (κ2) is 11.0. The summed E-state index contributed by atoms with van der Waals surface area (Å²) in [5, 5.41) is 9.29. The van der Waals surface area contributed by atoms with E-state index in [1.165, 1.54) is 0 Å². The van der Waals surface area contributed by atoms with Crippen molar-refractivity contribution in [3.63, 3.8) is 0 Å². The Morgan fingerprint density at radius 3 is 2.05 bits per heavy atom. The molecule has 9 heteroatoms. The number of benzene rings is 1. The number of halogens is 1. The van der Waals surface area contributed by atoms with Gasteiger partial charge in [-0.1, -0.05) is 39.3 Å². The zero-order valence-electron chi connectivity index (χ0n) is 23.6. The first-order valence-electron chi connectivity index (χ1n) is 13.4. The highest BCUT2D eigenvalue weighted by Gasteiger charge is 2.49. The number of hydrogen-bond donors (Lipinski definition) is 1. The number of allylic oxidation sites excluding steroid dienone is 4. The molecule has 3 aliphatic rings. The van der Waals surface area contributed by atoms with Crippen molar-refractivity contribution in [1.82, 2.24) is 4.90 Å². The minimum atomic E-state index is -1.14. The van der Waals surface area contributed by atoms with E-state index in [4.69, 9.17) is 30.9 Å². The van der Waals surface area contributed by atoms with Crippen LogP contribution in [0.25, 0.3) is 0 Å². The molecule has 0 aromatic heterocycles. The maximum absolute atomic E-state index is 13.9. The van der Waals surface area contributed by atoms with E-state index < -0.39 is 18.5 Å². The summed E-state index contributed by atoms with van der Waals surface area (Å²) in [7, 11) is 1.65. The highest BCUT2D eigenvalue weighted by molar-refractivity contribution is 6.32. The van der Waals surface area contributed by atoms with Gasteiger partial charge in [0.2, 0.25) is 0 Å². The lowest BCUT2D eigenvalue weighted by Gasteiger charge is -2.49. The predicted molar refractivity (Wildman–Crippen MR) is 147 cm³/mol. The Morgan fingerprint density at radius 1 is 1.00 bits per heavy atom. The van der Waals surface area contributed by atoms with Gasteiger partial charge >= 0.3 is 5.97 Å². The lowest BCUT2D eigenvalue weighted by molar-refractivity contribution is -0.139. The molecule has 0 atom stereocenters. The van der Waals surface area contributed by atoms with Crippen LogP contribution in [0.4, 0.5) is 0 Å². The number of methoxy groups -OCH3 is 1. The van der Waals surface area contributed by atoms with E-state index in [0.717, 1.165) is 11.4 Å². The van der Waals surface area contributed by atoms with Crippen LogP contribution in [-0.2, 0) is 19.1 Å². The average molecular weight is 560 g/mol. The average Bonchev–Trinajstić information content (AvgIpc) is 2.80. The third-order valence-electron chi connectivity index (χ3n) is 7.55. The maximum atomic E-state index is 13.9. The molecule has 1 aliphatic heterocycles. The molecular weight excluding hydrogens is 522 g/mol. The molecule has 212 valence electrons. The molecule has 0 unspecified atom stereocenters. The number of nitrogens with zero attached hydrogens (tertiary/aromatic N) is 1. The van der Waals surface area contributed by atoms with Gasteiger partial charge in [-0.05, 0) is 48.3 Å². The van der Waals surface area contributed by atoms with Gasteiger partial charge in [0.15, 0.2) is 29.7 Å². The number of hydrogen-bond acceptors (Lipinski definition) is 7. The molecule has 0 bridgehead atoms. The Hall–Kier alpha value is -2.84. The summed E-state index contributed by atoms with van der Waals surface area (Å²) in [5.41, 5.74) is 3.29. The zero-order chi connectivity index (χ0) is 28.7. The Bertz CT molecular complexity index is 1210. The number of carbonyl (C=O) groups is 3. The van der Waals surface area contributed by atoms with Crippen molar-refractivity contribution >= 4 is 29.1 Å². The summed E-state index contributed by atoms with van der Waals surface area (Å²) in [6.07, 6.45) is 2.11. The van der Waals surface area contributed by atoms with E-state index in [-0.39, 0.29) is 38.9 Å². The van der Waals surface area contributed by atoms with Crippen LogP contribution in [0.1, 0.15) is 71.8 Å². The Labute approximate surface area is 234 Å². The van der Waals surface area contributed by atoms with Crippen LogP contribution >= 0.6 is 11.6 Å². The molecule has 1 aromatic rings. The minimum Gasteiger partial charge on any atom is -0.490 e. The number of carbonyl (C=O) groups excluding carboxylic acids is 2. The smallest absolute Gasteiger partial charge is 0.341 e. The number of Topliss-reactive ketones (excluding diaryl/α,β-unsaturated/α-hetero) is 2. The predicted octanol–water partition coefficient (Wildman–Crippen LogP) is 5.53. The summed E-state index contributed by atoms with van der Waals surface area (Å²) in [6, 6.07) is 3.41. The molecule has 8 nitrogen and oxygen atoms in total. The van der Waals surface area contributed by atoms with Crippen LogP contribution in [0, 0.1) is 10.8 Å². The highest BCUT2D eigenvalue weighted by atomic mass is 35.5. The van der Waals surface area contributed by atoms with E-state index in [2.05, 4.69) is 32.6 Å². The molecule has 0 saturated carbocycles. The molecular formula is C30H38ClNO7. The van der Waals surface area contributed by atoms with Gasteiger partial charge in [0.1, 0.15) is 0 Å². The van der Waals surface area contributed by atoms with Gasteiger partial charge in [0, 0.05) is 55.0 Å². The SMILES string of the molecule is CCOc1cc(C2C3=C(CC(C)(C)CC3=O)N(CCOC)C3=C2C(=O)CC(C)(C)C3)cc(Cl)c1OCC(=O)O. The van der Waals surface area contributed by atoms with E-state index in [9.17, 15) is 14.4 Å². The van der Waals surface area contributed by atoms with Gasteiger partial charge in [-0.15, -0.1) is 0 Å². The van der Waals surface area contributed by atoms with Crippen molar-refractivity contribution in [3.05, 3.63) is 45.3 Å². The lowest BCUT2D eigenvalue weighted by atomic mass is 9.63. The number of ketones is 2. The zero-order valence-corrected chi connectivity index (χ0v) is 24.4. The molecule has 0 amide bonds. The van der Waals surface area contributed by atoms with Crippen molar-refractivity contribution in [1.29, 1.82) is 0 Å². The number of rotatable bonds is 9. The van der Waals surface area contributed by atoms with Gasteiger partial charge in [-0.25, -0.2) is 4.79 Å². The first-order chi connectivity index (χ1) is 18.3. The standard InChI is InChI=1S/C30H38ClNO7/c1-7-38-23-11-17(10-18(31)28(23)39-16-24(35)36)25-26-19(12-29(2,3)14-21(26)33)32(8-9-37-6)20-13-30(4,5)15-22(34)27(20)25/h10-11,25H,7-9,12-16H2,1-6H3,(H,35,36). The van der Waals surface area contributed by atoms with Crippen molar-refractivity contribution in [2.75, 3.05) is 33.5 Å². The van der Waals surface area contributed by atoms with Crippen LogP contribution < -0.4 is 9.47 Å². The molecule has 1 aromatic carbocycles. The number of aliphatic carboxylic acids is 1. The number of carboxylic acids is 1. The normalized spacial score (nSPS) is 20.6. The highest BCUT2D eigenvalue weighted by Crippen LogP contribution is 2.55. The molecule has 0 saturated heterocycles. The fourth-order valence-corrected chi connectivity index (χ4v) is 6.40. The molecule has 0 spiro atoms. The fraction of sp³-hybridized carbons (Fsp3) is 0.567. The quantitative estimate of drug-likeness (QED) is 0.421. The molecule has 4 rings (SSSR count). The fourth-order valence-electron chi connectivity index (χ4n) is 6.13. The third kappa shape index (κ3) is 5.87. The van der Waals surface area contributed by atoms with Gasteiger partial charge in [0.05, 0.1) is 18.2 Å². The largest absolute Gasteiger partial charge is 0.490 e. The summed E-state index contributed by atoms with van der Waals surface area (Å²) in [6.45, 7) is 10.9. The number of carboxylic acid groups (broad SMARTS) is 1. The summed E-state index contributed by atoms with van der Waals surface area (Å²) in [5.74, 6) is -1.32. The Morgan fingerprint density at radius 2 is 1.56 bits per heavy atom. The van der Waals surface area contributed by atoms with Crippen molar-refractivity contribution in [3.8, 4) is 11.5 Å². The molecule has 1 heterocycles. The lowest BCUT2D eigenvalue weighted by Crippen LogP contribution is -2.45. The van der Waals surface area contributed by atoms with Crippen LogP contribution in [0.15, 0.2) is 34.7 Å². The second-order valence-corrected chi connectivity index (χ2v) is 12.5. The van der Waals surface area contributed by atoms with Crippen LogP contribution in [0.2, 0.25) is 5.02 Å². The van der Waals surface area contributed by atoms with Crippen molar-refractivity contribution in [2.45, 2.75) is 66.2 Å². The van der Waals surface area contributed by atoms with Gasteiger partial charge in [-0.2, -0.15) is 0 Å². The molecule has 2 aliphatic carbocycles. The number of ether oxygens (including phenoxy) is 3. The van der Waals surface area contributed by atoms with Crippen molar-refractivity contribution < 1.29 is 33.7 Å². The van der Waals surface area contributed by atoms with Crippen LogP contribution in [0.5, 0.6) is 11.5 Å². The first-order valence-corrected chi connectivity index (χ1v) is 13.8. The van der Waals surface area contributed by atoms with Gasteiger partial charge in [-0.3, -0.25) is 9.59 Å². The Balaban J connectivity index is 1.97. The van der Waals surface area contributed by atoms with Crippen molar-refractivity contribution in [2.24, 2.45) is 10.8 Å². The molecule has 39 heavy (non-hydrogen) atoms. The van der Waals surface area contributed by atoms with E-state index >= 15 is 0 Å². The monoisotopic (exact) mass is 559 g/mol. The minimum absolute atomic E-state index is 0.0122. The Kier molecular flexibility index (Phi) is 8.20. The first kappa shape index (κ1) is 29.2. The van der Waals surface area contributed by atoms with E-state index in [1.807, 2.05) is 0 Å². The summed E-state index contributed by atoms with van der Waals surface area (Å²) >= 11 is 6.66. The topological polar surface area (TPSA) is 102 Å². The molecule has 0 radical (unpaired) electrons. The van der Waals surface area contributed by atoms with Gasteiger partial charge < -0.3 is 24.2 Å². The van der Waals surface area contributed by atoms with Gasteiger partial charge in [0.25, 0.3) is 0 Å². The third-order valence-corrected chi connectivity index (χ3v) is 7.83. The molecule has 1 N–H and O–H groups in total. The van der Waals surface area contributed by atoms with Crippen LogP contribution in [-0.4, -0.2) is 61.0 Å². The second-order valence-electron chi connectivity index (χ2n) is 12.1. The maximum Gasteiger partial charge on any atom is 0.341 e. The summed E-state index contributed by atoms with van der Waals surface area (Å²) < 4.78 is 16.7. The van der Waals surface area contributed by atoms with E-state index in [0.29, 0.717) is 62.2 Å².